The van der Waals surface area contributed by atoms with Crippen molar-refractivity contribution < 1.29 is 0 Å². The Morgan fingerprint density at radius 2 is 1.87 bits per heavy atom. The zero-order valence-electron chi connectivity index (χ0n) is 9.05. The van der Waals surface area contributed by atoms with Gasteiger partial charge in [-0.3, -0.25) is 4.90 Å². The molecule has 15 heavy (non-hydrogen) atoms. The summed E-state index contributed by atoms with van der Waals surface area (Å²) in [6.45, 7) is 5.60. The first-order chi connectivity index (χ1) is 7.26. The van der Waals surface area contributed by atoms with E-state index in [0.29, 0.717) is 0 Å². The van der Waals surface area contributed by atoms with Crippen molar-refractivity contribution in [3.05, 3.63) is 33.4 Å². The highest BCUT2D eigenvalue weighted by Crippen LogP contribution is 2.09. The molecule has 0 amide bonds. The number of halogens is 2. The average molecular weight is 382 g/mol. The normalized spacial score (nSPS) is 10.9. The summed E-state index contributed by atoms with van der Waals surface area (Å²) in [5.74, 6) is 0. The second-order valence-electron chi connectivity index (χ2n) is 3.59. The first kappa shape index (κ1) is 13.5. The van der Waals surface area contributed by atoms with Gasteiger partial charge in [-0.1, -0.05) is 35.0 Å². The van der Waals surface area contributed by atoms with Crippen LogP contribution in [0.15, 0.2) is 24.3 Å². The SMILES string of the molecule is CCCN(CCBr)Cc1ccc(I)cc1. The molecule has 0 unspecified atom stereocenters. The van der Waals surface area contributed by atoms with Gasteiger partial charge < -0.3 is 0 Å². The first-order valence-electron chi connectivity index (χ1n) is 5.29. The van der Waals surface area contributed by atoms with E-state index in [2.05, 4.69) is 74.6 Å². The van der Waals surface area contributed by atoms with Gasteiger partial charge in [0.15, 0.2) is 0 Å². The molecule has 0 aliphatic carbocycles. The van der Waals surface area contributed by atoms with E-state index in [9.17, 15) is 0 Å². The fourth-order valence-corrected chi connectivity index (χ4v) is 2.41. The van der Waals surface area contributed by atoms with Crippen LogP contribution in [-0.4, -0.2) is 23.3 Å². The molecule has 3 heteroatoms. The molecule has 0 aromatic heterocycles. The zero-order valence-corrected chi connectivity index (χ0v) is 12.8. The first-order valence-corrected chi connectivity index (χ1v) is 7.49. The highest BCUT2D eigenvalue weighted by molar-refractivity contribution is 14.1. The van der Waals surface area contributed by atoms with E-state index in [-0.39, 0.29) is 0 Å². The third-order valence-electron chi connectivity index (χ3n) is 2.26. The summed E-state index contributed by atoms with van der Waals surface area (Å²) in [5.41, 5.74) is 1.41. The van der Waals surface area contributed by atoms with Crippen LogP contribution in [0.1, 0.15) is 18.9 Å². The Balaban J connectivity index is 2.53. The third kappa shape index (κ3) is 5.31. The second-order valence-corrected chi connectivity index (χ2v) is 5.63. The summed E-state index contributed by atoms with van der Waals surface area (Å²) in [7, 11) is 0. The highest BCUT2D eigenvalue weighted by atomic mass is 127. The van der Waals surface area contributed by atoms with Crippen LogP contribution in [0.5, 0.6) is 0 Å². The number of benzene rings is 1. The van der Waals surface area contributed by atoms with E-state index >= 15 is 0 Å². The molecular weight excluding hydrogens is 365 g/mol. The third-order valence-corrected chi connectivity index (χ3v) is 3.33. The van der Waals surface area contributed by atoms with Crippen molar-refractivity contribution in [2.75, 3.05) is 18.4 Å². The fraction of sp³-hybridized carbons (Fsp3) is 0.500. The standard InChI is InChI=1S/C12H17BrIN/c1-2-8-15(9-7-13)10-11-3-5-12(14)6-4-11/h3-6H,2,7-10H2,1H3. The molecule has 1 nitrogen and oxygen atoms in total. The van der Waals surface area contributed by atoms with E-state index in [1.165, 1.54) is 22.1 Å². The summed E-state index contributed by atoms with van der Waals surface area (Å²) < 4.78 is 1.30. The summed E-state index contributed by atoms with van der Waals surface area (Å²) in [4.78, 5) is 2.48. The van der Waals surface area contributed by atoms with Crippen LogP contribution in [0.2, 0.25) is 0 Å². The summed E-state index contributed by atoms with van der Waals surface area (Å²) in [5, 5.41) is 1.05. The van der Waals surface area contributed by atoms with Crippen LogP contribution in [0.25, 0.3) is 0 Å². The predicted molar refractivity (Wildman–Crippen MR) is 78.5 cm³/mol. The highest BCUT2D eigenvalue weighted by Gasteiger charge is 2.03. The Morgan fingerprint density at radius 1 is 1.20 bits per heavy atom. The molecule has 1 rings (SSSR count). The van der Waals surface area contributed by atoms with Crippen LogP contribution >= 0.6 is 38.5 Å². The lowest BCUT2D eigenvalue weighted by molar-refractivity contribution is 0.284. The predicted octanol–water partition coefficient (Wildman–Crippen LogP) is 3.90. The molecule has 0 heterocycles. The van der Waals surface area contributed by atoms with E-state index < -0.39 is 0 Å². The van der Waals surface area contributed by atoms with Gasteiger partial charge in [0.2, 0.25) is 0 Å². The van der Waals surface area contributed by atoms with Gasteiger partial charge in [0.05, 0.1) is 0 Å². The Bertz CT molecular complexity index is 267. The fourth-order valence-electron chi connectivity index (χ4n) is 1.55. The molecule has 1 aromatic rings. The van der Waals surface area contributed by atoms with Crippen molar-refractivity contribution in [3.63, 3.8) is 0 Å². The van der Waals surface area contributed by atoms with E-state index in [4.69, 9.17) is 0 Å². The smallest absolute Gasteiger partial charge is 0.0234 e. The van der Waals surface area contributed by atoms with Gasteiger partial charge in [-0.25, -0.2) is 0 Å². The molecule has 0 atom stereocenters. The summed E-state index contributed by atoms with van der Waals surface area (Å²) >= 11 is 5.84. The quantitative estimate of drug-likeness (QED) is 0.533. The van der Waals surface area contributed by atoms with Gasteiger partial charge in [0.25, 0.3) is 0 Å². The number of rotatable bonds is 6. The molecule has 0 fully saturated rings. The molecule has 0 N–H and O–H groups in total. The second kappa shape index (κ2) is 7.63. The van der Waals surface area contributed by atoms with Crippen LogP contribution in [0.3, 0.4) is 0 Å². The van der Waals surface area contributed by atoms with Gasteiger partial charge in [-0.05, 0) is 53.3 Å². The van der Waals surface area contributed by atoms with Gasteiger partial charge in [0, 0.05) is 22.0 Å². The molecule has 0 bridgehead atoms. The van der Waals surface area contributed by atoms with Crippen LogP contribution in [0.4, 0.5) is 0 Å². The molecule has 0 aliphatic rings. The van der Waals surface area contributed by atoms with E-state index in [1.807, 2.05) is 0 Å². The van der Waals surface area contributed by atoms with Crippen molar-refractivity contribution in [1.82, 2.24) is 4.90 Å². The number of hydrogen-bond donors (Lipinski definition) is 0. The van der Waals surface area contributed by atoms with Crippen molar-refractivity contribution in [3.8, 4) is 0 Å². The maximum absolute atomic E-state index is 3.50. The van der Waals surface area contributed by atoms with Crippen molar-refractivity contribution >= 4 is 38.5 Å². The minimum Gasteiger partial charge on any atom is -0.298 e. The molecular formula is C12H17BrIN. The van der Waals surface area contributed by atoms with E-state index in [1.54, 1.807) is 0 Å². The molecule has 1 aromatic carbocycles. The lowest BCUT2D eigenvalue weighted by Gasteiger charge is -2.20. The number of hydrogen-bond acceptors (Lipinski definition) is 1. The lowest BCUT2D eigenvalue weighted by atomic mass is 10.2. The average Bonchev–Trinajstić information content (AvgIpc) is 2.22. The minimum atomic E-state index is 1.05. The van der Waals surface area contributed by atoms with Crippen LogP contribution in [-0.2, 0) is 6.54 Å². The number of nitrogens with zero attached hydrogens (tertiary/aromatic N) is 1. The van der Waals surface area contributed by atoms with E-state index in [0.717, 1.165) is 18.4 Å². The Morgan fingerprint density at radius 3 is 2.40 bits per heavy atom. The topological polar surface area (TPSA) is 3.24 Å². The molecule has 84 valence electrons. The minimum absolute atomic E-state index is 1.05. The maximum Gasteiger partial charge on any atom is 0.0234 e. The van der Waals surface area contributed by atoms with Crippen molar-refractivity contribution in [1.29, 1.82) is 0 Å². The number of alkyl halides is 1. The summed E-state index contributed by atoms with van der Waals surface area (Å²) in [6.07, 6.45) is 1.22. The van der Waals surface area contributed by atoms with Crippen molar-refractivity contribution in [2.45, 2.75) is 19.9 Å². The van der Waals surface area contributed by atoms with Gasteiger partial charge in [0.1, 0.15) is 0 Å². The van der Waals surface area contributed by atoms with Gasteiger partial charge in [-0.15, -0.1) is 0 Å². The Hall–Kier alpha value is 0.390. The molecule has 0 saturated carbocycles. The van der Waals surface area contributed by atoms with Gasteiger partial charge >= 0.3 is 0 Å². The molecule has 0 radical (unpaired) electrons. The Kier molecular flexibility index (Phi) is 6.84. The zero-order chi connectivity index (χ0) is 11.1. The van der Waals surface area contributed by atoms with Gasteiger partial charge in [-0.2, -0.15) is 0 Å². The summed E-state index contributed by atoms with van der Waals surface area (Å²) in [6, 6.07) is 8.79. The van der Waals surface area contributed by atoms with Crippen molar-refractivity contribution in [2.24, 2.45) is 0 Å². The molecule has 0 spiro atoms. The monoisotopic (exact) mass is 381 g/mol. The lowest BCUT2D eigenvalue weighted by Crippen LogP contribution is -2.26. The maximum atomic E-state index is 3.50. The van der Waals surface area contributed by atoms with Crippen LogP contribution < -0.4 is 0 Å². The largest absolute Gasteiger partial charge is 0.298 e. The Labute approximate surface area is 115 Å². The van der Waals surface area contributed by atoms with Crippen LogP contribution in [0, 0.1) is 3.57 Å². The molecule has 0 saturated heterocycles. The molecule has 0 aliphatic heterocycles.